The highest BCUT2D eigenvalue weighted by Gasteiger charge is 2.38. The van der Waals surface area contributed by atoms with Crippen molar-refractivity contribution in [3.05, 3.63) is 33.9 Å². The molecular formula is C16H19N3O6. The van der Waals surface area contributed by atoms with Crippen LogP contribution < -0.4 is 5.32 Å². The lowest BCUT2D eigenvalue weighted by atomic mass is 9.88. The molecule has 1 aromatic rings. The van der Waals surface area contributed by atoms with Crippen molar-refractivity contribution in [1.29, 1.82) is 0 Å². The van der Waals surface area contributed by atoms with Crippen molar-refractivity contribution in [2.24, 2.45) is 16.8 Å². The summed E-state index contributed by atoms with van der Waals surface area (Å²) < 4.78 is 5.25. The number of urea groups is 1. The number of phenolic OH excluding ortho intramolecular Hbond substituents is 1. The molecule has 2 unspecified atom stereocenters. The van der Waals surface area contributed by atoms with E-state index in [-0.39, 0.29) is 18.2 Å². The lowest BCUT2D eigenvalue weighted by Crippen LogP contribution is -2.44. The number of nitrogens with zero attached hydrogens (tertiary/aromatic N) is 2. The molecule has 25 heavy (non-hydrogen) atoms. The van der Waals surface area contributed by atoms with Crippen LogP contribution in [-0.4, -0.2) is 34.3 Å². The first-order chi connectivity index (χ1) is 11.7. The SMILES string of the molecule is CC1=NC(=O)NC(c2ccc(O)c([N+](=O)[O-])c2)C1C(=O)OCC(C)C. The van der Waals surface area contributed by atoms with Crippen molar-refractivity contribution in [3.8, 4) is 5.75 Å². The van der Waals surface area contributed by atoms with Crippen molar-refractivity contribution in [2.45, 2.75) is 26.8 Å². The first-order valence-corrected chi connectivity index (χ1v) is 7.70. The van der Waals surface area contributed by atoms with Gasteiger partial charge in [0.05, 0.1) is 17.6 Å². The number of benzene rings is 1. The van der Waals surface area contributed by atoms with E-state index in [9.17, 15) is 24.8 Å². The molecule has 0 aliphatic carbocycles. The van der Waals surface area contributed by atoms with Crippen LogP contribution in [0.2, 0.25) is 0 Å². The largest absolute Gasteiger partial charge is 0.502 e. The van der Waals surface area contributed by atoms with E-state index in [1.807, 2.05) is 13.8 Å². The predicted molar refractivity (Wildman–Crippen MR) is 88.4 cm³/mol. The van der Waals surface area contributed by atoms with Crippen LogP contribution in [0.25, 0.3) is 0 Å². The molecule has 0 saturated carbocycles. The molecule has 2 amide bonds. The molecule has 1 aliphatic rings. The smallest absolute Gasteiger partial charge is 0.341 e. The molecule has 2 N–H and O–H groups in total. The van der Waals surface area contributed by atoms with E-state index in [0.29, 0.717) is 5.56 Å². The third-order valence-corrected chi connectivity index (χ3v) is 3.71. The van der Waals surface area contributed by atoms with Gasteiger partial charge in [0, 0.05) is 11.8 Å². The topological polar surface area (TPSA) is 131 Å². The molecule has 0 fully saturated rings. The summed E-state index contributed by atoms with van der Waals surface area (Å²) in [4.78, 5) is 38.2. The number of rotatable bonds is 5. The van der Waals surface area contributed by atoms with Gasteiger partial charge in [-0.2, -0.15) is 0 Å². The second kappa shape index (κ2) is 7.29. The third kappa shape index (κ3) is 4.11. The first kappa shape index (κ1) is 18.4. The fourth-order valence-corrected chi connectivity index (χ4v) is 2.52. The zero-order valence-electron chi connectivity index (χ0n) is 14.1. The Bertz CT molecular complexity index is 743. The minimum absolute atomic E-state index is 0.132. The second-order valence-corrected chi connectivity index (χ2v) is 6.19. The van der Waals surface area contributed by atoms with E-state index in [2.05, 4.69) is 10.3 Å². The molecule has 1 heterocycles. The zero-order chi connectivity index (χ0) is 18.7. The number of nitro benzene ring substituents is 1. The Morgan fingerprint density at radius 1 is 1.48 bits per heavy atom. The van der Waals surface area contributed by atoms with Gasteiger partial charge in [-0.05, 0) is 24.5 Å². The van der Waals surface area contributed by atoms with E-state index >= 15 is 0 Å². The molecule has 2 rings (SSSR count). The van der Waals surface area contributed by atoms with Crippen molar-refractivity contribution >= 4 is 23.4 Å². The van der Waals surface area contributed by atoms with Crippen LogP contribution >= 0.6 is 0 Å². The molecule has 1 aliphatic heterocycles. The zero-order valence-corrected chi connectivity index (χ0v) is 14.1. The van der Waals surface area contributed by atoms with Gasteiger partial charge in [-0.1, -0.05) is 19.9 Å². The minimum atomic E-state index is -0.902. The van der Waals surface area contributed by atoms with Gasteiger partial charge in [0.15, 0.2) is 5.75 Å². The molecule has 0 bridgehead atoms. The van der Waals surface area contributed by atoms with Gasteiger partial charge in [-0.3, -0.25) is 14.9 Å². The quantitative estimate of drug-likeness (QED) is 0.476. The van der Waals surface area contributed by atoms with Gasteiger partial charge in [-0.25, -0.2) is 9.79 Å². The summed E-state index contributed by atoms with van der Waals surface area (Å²) in [5.74, 6) is -1.84. The number of carbonyl (C=O) groups is 2. The summed E-state index contributed by atoms with van der Waals surface area (Å²) in [6, 6.07) is 2.17. The van der Waals surface area contributed by atoms with Crippen LogP contribution in [0.4, 0.5) is 10.5 Å². The Morgan fingerprint density at radius 2 is 2.16 bits per heavy atom. The first-order valence-electron chi connectivity index (χ1n) is 7.70. The number of hydrogen-bond donors (Lipinski definition) is 2. The molecule has 134 valence electrons. The number of esters is 1. The third-order valence-electron chi connectivity index (χ3n) is 3.71. The second-order valence-electron chi connectivity index (χ2n) is 6.19. The van der Waals surface area contributed by atoms with Gasteiger partial charge in [-0.15, -0.1) is 0 Å². The maximum atomic E-state index is 12.5. The van der Waals surface area contributed by atoms with Crippen molar-refractivity contribution in [3.63, 3.8) is 0 Å². The van der Waals surface area contributed by atoms with Crippen molar-refractivity contribution < 1.29 is 24.4 Å². The predicted octanol–water partition coefficient (Wildman–Crippen LogP) is 2.34. The van der Waals surface area contributed by atoms with Crippen LogP contribution in [0.5, 0.6) is 5.75 Å². The monoisotopic (exact) mass is 349 g/mol. The Labute approximate surface area is 143 Å². The van der Waals surface area contributed by atoms with E-state index in [0.717, 1.165) is 12.1 Å². The molecule has 9 nitrogen and oxygen atoms in total. The Morgan fingerprint density at radius 3 is 2.76 bits per heavy atom. The highest BCUT2D eigenvalue weighted by Crippen LogP contribution is 2.34. The summed E-state index contributed by atoms with van der Waals surface area (Å²) in [6.45, 7) is 5.51. The van der Waals surface area contributed by atoms with Crippen LogP contribution in [0.1, 0.15) is 32.4 Å². The Balaban J connectivity index is 2.40. The van der Waals surface area contributed by atoms with Crippen LogP contribution in [-0.2, 0) is 9.53 Å². The number of carbonyl (C=O) groups excluding carboxylic acids is 2. The Hall–Kier alpha value is -2.97. The van der Waals surface area contributed by atoms with Crippen LogP contribution in [0.3, 0.4) is 0 Å². The summed E-state index contributed by atoms with van der Waals surface area (Å²) in [5.41, 5.74) is 0.0537. The molecule has 1 aromatic carbocycles. The summed E-state index contributed by atoms with van der Waals surface area (Å²) in [5, 5.41) is 23.1. The van der Waals surface area contributed by atoms with Gasteiger partial charge in [0.1, 0.15) is 5.92 Å². The minimum Gasteiger partial charge on any atom is -0.502 e. The number of amides is 2. The highest BCUT2D eigenvalue weighted by atomic mass is 16.6. The average molecular weight is 349 g/mol. The number of nitrogens with one attached hydrogen (secondary N) is 1. The fourth-order valence-electron chi connectivity index (χ4n) is 2.52. The molecular weight excluding hydrogens is 330 g/mol. The van der Waals surface area contributed by atoms with Gasteiger partial charge >= 0.3 is 17.7 Å². The van der Waals surface area contributed by atoms with Crippen molar-refractivity contribution in [2.75, 3.05) is 6.61 Å². The summed E-state index contributed by atoms with van der Waals surface area (Å²) >= 11 is 0. The van der Waals surface area contributed by atoms with E-state index < -0.39 is 40.3 Å². The van der Waals surface area contributed by atoms with Gasteiger partial charge in [0.25, 0.3) is 0 Å². The maximum absolute atomic E-state index is 12.5. The van der Waals surface area contributed by atoms with Crippen molar-refractivity contribution in [1.82, 2.24) is 5.32 Å². The van der Waals surface area contributed by atoms with E-state index in [1.54, 1.807) is 0 Å². The average Bonchev–Trinajstić information content (AvgIpc) is 2.52. The standard InChI is InChI=1S/C16H19N3O6/c1-8(2)7-25-15(21)13-9(3)17-16(22)18-14(13)10-4-5-12(20)11(6-10)19(23)24/h4-6,8,13-14,20H,7H2,1-3H3,(H,18,22). The van der Waals surface area contributed by atoms with Crippen LogP contribution in [0.15, 0.2) is 23.2 Å². The molecule has 0 radical (unpaired) electrons. The Kier molecular flexibility index (Phi) is 5.35. The fraction of sp³-hybridized carbons (Fsp3) is 0.438. The molecule has 0 aromatic heterocycles. The number of ether oxygens (including phenoxy) is 1. The summed E-state index contributed by atoms with van der Waals surface area (Å²) in [6.07, 6.45) is 0. The van der Waals surface area contributed by atoms with Crippen LogP contribution in [0, 0.1) is 22.0 Å². The summed E-state index contributed by atoms with van der Waals surface area (Å²) in [7, 11) is 0. The number of aliphatic imine (C=N–C) groups is 1. The molecule has 0 spiro atoms. The number of nitro groups is 1. The number of aromatic hydroxyl groups is 1. The van der Waals surface area contributed by atoms with E-state index in [4.69, 9.17) is 4.74 Å². The lowest BCUT2D eigenvalue weighted by Gasteiger charge is -2.29. The molecule has 0 saturated heterocycles. The van der Waals surface area contributed by atoms with Gasteiger partial charge in [0.2, 0.25) is 0 Å². The van der Waals surface area contributed by atoms with Gasteiger partial charge < -0.3 is 15.2 Å². The number of hydrogen-bond acceptors (Lipinski definition) is 6. The number of phenols is 1. The normalized spacial score (nSPS) is 20.0. The highest BCUT2D eigenvalue weighted by molar-refractivity contribution is 6.08. The molecule has 9 heteroatoms. The maximum Gasteiger partial charge on any atom is 0.341 e. The van der Waals surface area contributed by atoms with E-state index in [1.165, 1.54) is 13.0 Å². The molecule has 2 atom stereocenters. The lowest BCUT2D eigenvalue weighted by molar-refractivity contribution is -0.385.